The Labute approximate surface area is 401 Å². The molecule has 0 aliphatic heterocycles. The number of quaternary nitrogens is 1. The van der Waals surface area contributed by atoms with Gasteiger partial charge in [0.05, 0.1) is 39.9 Å². The van der Waals surface area contributed by atoms with Crippen LogP contribution in [0.25, 0.3) is 0 Å². The van der Waals surface area contributed by atoms with E-state index in [1.807, 2.05) is 21.1 Å². The van der Waals surface area contributed by atoms with Crippen LogP contribution in [-0.2, 0) is 18.4 Å². The standard InChI is InChI=1S/C56H101N2O6P/c1-6-8-10-12-13-14-15-16-17-18-19-20-21-22-23-24-25-26-27-28-29-30-31-32-33-34-35-36-37-38-39-40-41-42-43-44-45-46-48-50-56(60)57-54(55(59)49-47-11-9-7-2)53-64-65(61,62)63-52-51-58(3,4)5/h8,10,13-14,16-17,19-20,22-23,25-26,28-29,54-55,59H,6-7,9,11-12,15,18,21,24,27,30-53H2,1-5H3,(H-,57,60,61,62)/p+1/b10-8-,14-13-,17-16-,20-19-,23-22-,26-25-,29-28-. The number of allylic oxidation sites excluding steroid dienone is 14. The van der Waals surface area contributed by atoms with Gasteiger partial charge >= 0.3 is 7.82 Å². The minimum absolute atomic E-state index is 0.0717. The monoisotopic (exact) mass is 930 g/mol. The Hall–Kier alpha value is -2.32. The van der Waals surface area contributed by atoms with Gasteiger partial charge in [-0.05, 0) is 70.6 Å². The van der Waals surface area contributed by atoms with Crippen LogP contribution in [-0.4, -0.2) is 73.4 Å². The van der Waals surface area contributed by atoms with Crippen LogP contribution in [0.5, 0.6) is 0 Å². The van der Waals surface area contributed by atoms with Crippen molar-refractivity contribution in [1.82, 2.24) is 5.32 Å². The summed E-state index contributed by atoms with van der Waals surface area (Å²) in [7, 11) is 1.61. The molecule has 0 spiro atoms. The van der Waals surface area contributed by atoms with E-state index < -0.39 is 20.0 Å². The Morgan fingerprint density at radius 1 is 0.538 bits per heavy atom. The highest BCUT2D eigenvalue weighted by atomic mass is 31.2. The molecule has 0 aromatic carbocycles. The van der Waals surface area contributed by atoms with Crippen molar-refractivity contribution in [3.8, 4) is 0 Å². The third kappa shape index (κ3) is 49.4. The van der Waals surface area contributed by atoms with Gasteiger partial charge in [0.25, 0.3) is 0 Å². The fourth-order valence-electron chi connectivity index (χ4n) is 7.26. The third-order valence-corrected chi connectivity index (χ3v) is 12.4. The summed E-state index contributed by atoms with van der Waals surface area (Å²) in [6.45, 7) is 4.64. The normalized spacial score (nSPS) is 14.8. The zero-order valence-corrected chi connectivity index (χ0v) is 43.6. The summed E-state index contributed by atoms with van der Waals surface area (Å²) in [6, 6.07) is -0.758. The Kier molecular flexibility index (Phi) is 45.1. The van der Waals surface area contributed by atoms with E-state index >= 15 is 0 Å². The molecule has 3 N–H and O–H groups in total. The molecule has 0 heterocycles. The number of nitrogens with zero attached hydrogens (tertiary/aromatic N) is 1. The highest BCUT2D eigenvalue weighted by molar-refractivity contribution is 7.47. The number of unbranched alkanes of at least 4 members (excludes halogenated alkanes) is 20. The lowest BCUT2D eigenvalue weighted by atomic mass is 10.0. The fraction of sp³-hybridized carbons (Fsp3) is 0.732. The van der Waals surface area contributed by atoms with Gasteiger partial charge in [-0.3, -0.25) is 13.8 Å². The van der Waals surface area contributed by atoms with Crippen LogP contribution < -0.4 is 5.32 Å². The van der Waals surface area contributed by atoms with Crippen LogP contribution in [0.4, 0.5) is 0 Å². The molecule has 9 heteroatoms. The molecule has 0 saturated heterocycles. The van der Waals surface area contributed by atoms with Gasteiger partial charge in [-0.1, -0.05) is 221 Å². The molecule has 0 radical (unpaired) electrons. The first-order valence-corrected chi connectivity index (χ1v) is 27.9. The second-order valence-corrected chi connectivity index (χ2v) is 20.3. The highest BCUT2D eigenvalue weighted by Crippen LogP contribution is 2.43. The van der Waals surface area contributed by atoms with E-state index in [1.54, 1.807) is 0 Å². The van der Waals surface area contributed by atoms with Crippen LogP contribution in [0, 0.1) is 0 Å². The number of hydrogen-bond acceptors (Lipinski definition) is 5. The molecule has 3 atom stereocenters. The topological polar surface area (TPSA) is 105 Å². The molecule has 0 aliphatic carbocycles. The van der Waals surface area contributed by atoms with Gasteiger partial charge < -0.3 is 19.8 Å². The zero-order chi connectivity index (χ0) is 47.8. The van der Waals surface area contributed by atoms with Gasteiger partial charge in [-0.15, -0.1) is 0 Å². The highest BCUT2D eigenvalue weighted by Gasteiger charge is 2.28. The van der Waals surface area contributed by atoms with Crippen LogP contribution in [0.3, 0.4) is 0 Å². The number of rotatable bonds is 47. The molecule has 1 amide bonds. The number of phosphoric acid groups is 1. The van der Waals surface area contributed by atoms with Gasteiger partial charge in [-0.25, -0.2) is 4.57 Å². The number of hydrogen-bond donors (Lipinski definition) is 3. The molecule has 0 rings (SSSR count). The number of aliphatic hydroxyl groups excluding tert-OH is 1. The lowest BCUT2D eigenvalue weighted by Gasteiger charge is -2.26. The fourth-order valence-corrected chi connectivity index (χ4v) is 8.00. The van der Waals surface area contributed by atoms with Crippen molar-refractivity contribution >= 4 is 13.7 Å². The number of aliphatic hydroxyl groups is 1. The van der Waals surface area contributed by atoms with E-state index in [2.05, 4.69) is 104 Å². The summed E-state index contributed by atoms with van der Waals surface area (Å²) in [5.41, 5.74) is 0. The van der Waals surface area contributed by atoms with Gasteiger partial charge in [0.1, 0.15) is 13.2 Å². The maximum atomic E-state index is 12.8. The number of nitrogens with one attached hydrogen (secondary N) is 1. The second-order valence-electron chi connectivity index (χ2n) is 18.9. The molecule has 0 saturated carbocycles. The van der Waals surface area contributed by atoms with Crippen LogP contribution in [0.1, 0.15) is 213 Å². The summed E-state index contributed by atoms with van der Waals surface area (Å²) >= 11 is 0. The molecular weight excluding hydrogens is 828 g/mol. The Morgan fingerprint density at radius 2 is 0.923 bits per heavy atom. The van der Waals surface area contributed by atoms with Crippen molar-refractivity contribution in [3.05, 3.63) is 85.1 Å². The van der Waals surface area contributed by atoms with E-state index in [0.29, 0.717) is 23.9 Å². The lowest BCUT2D eigenvalue weighted by molar-refractivity contribution is -0.870. The average molecular weight is 930 g/mol. The lowest BCUT2D eigenvalue weighted by Crippen LogP contribution is -2.46. The minimum atomic E-state index is -4.30. The smallest absolute Gasteiger partial charge is 0.391 e. The number of carbonyl (C=O) groups is 1. The van der Waals surface area contributed by atoms with E-state index in [4.69, 9.17) is 9.05 Å². The number of carbonyl (C=O) groups excluding carboxylic acids is 1. The summed E-state index contributed by atoms with van der Waals surface area (Å²) < 4.78 is 23.4. The van der Waals surface area contributed by atoms with Crippen molar-refractivity contribution in [2.24, 2.45) is 0 Å². The molecule has 0 aromatic rings. The Morgan fingerprint density at radius 3 is 1.34 bits per heavy atom. The number of phosphoric ester groups is 1. The summed E-state index contributed by atoms with van der Waals surface area (Å²) in [5.74, 6) is -0.155. The molecule has 0 aromatic heterocycles. The first kappa shape index (κ1) is 62.7. The van der Waals surface area contributed by atoms with Crippen molar-refractivity contribution < 1.29 is 32.9 Å². The minimum Gasteiger partial charge on any atom is -0.391 e. The molecule has 65 heavy (non-hydrogen) atoms. The van der Waals surface area contributed by atoms with Crippen LogP contribution in [0.2, 0.25) is 0 Å². The van der Waals surface area contributed by atoms with E-state index in [1.165, 1.54) is 96.3 Å². The maximum absolute atomic E-state index is 12.8. The largest absolute Gasteiger partial charge is 0.472 e. The quantitative estimate of drug-likeness (QED) is 0.0243. The second kappa shape index (κ2) is 46.8. The summed E-state index contributed by atoms with van der Waals surface area (Å²) in [6.07, 6.45) is 65.7. The first-order chi connectivity index (χ1) is 31.5. The number of amides is 1. The molecule has 0 bridgehead atoms. The molecular formula is C56H102N2O6P+. The Balaban J connectivity index is 3.76. The average Bonchev–Trinajstić information content (AvgIpc) is 3.26. The summed E-state index contributed by atoms with van der Waals surface area (Å²) in [5, 5.41) is 13.7. The van der Waals surface area contributed by atoms with Crippen molar-refractivity contribution in [2.45, 2.75) is 225 Å². The van der Waals surface area contributed by atoms with E-state index in [0.717, 1.165) is 89.9 Å². The van der Waals surface area contributed by atoms with Gasteiger partial charge in [0.2, 0.25) is 5.91 Å². The van der Waals surface area contributed by atoms with Gasteiger partial charge in [0.15, 0.2) is 0 Å². The van der Waals surface area contributed by atoms with Crippen molar-refractivity contribution in [1.29, 1.82) is 0 Å². The van der Waals surface area contributed by atoms with Crippen LogP contribution in [0.15, 0.2) is 85.1 Å². The molecule has 376 valence electrons. The van der Waals surface area contributed by atoms with Crippen LogP contribution >= 0.6 is 7.82 Å². The third-order valence-electron chi connectivity index (χ3n) is 11.4. The molecule has 0 fully saturated rings. The van der Waals surface area contributed by atoms with Gasteiger partial charge in [0, 0.05) is 6.42 Å². The maximum Gasteiger partial charge on any atom is 0.472 e. The van der Waals surface area contributed by atoms with Crippen molar-refractivity contribution in [3.63, 3.8) is 0 Å². The predicted octanol–water partition coefficient (Wildman–Crippen LogP) is 15.7. The van der Waals surface area contributed by atoms with E-state index in [9.17, 15) is 19.4 Å². The number of likely N-dealkylation sites (N-methyl/N-ethyl adjacent to an activating group) is 1. The predicted molar refractivity (Wildman–Crippen MR) is 281 cm³/mol. The Bertz CT molecular complexity index is 1330. The molecule has 8 nitrogen and oxygen atoms in total. The first-order valence-electron chi connectivity index (χ1n) is 26.5. The summed E-state index contributed by atoms with van der Waals surface area (Å²) in [4.78, 5) is 23.0. The molecule has 3 unspecified atom stereocenters. The SMILES string of the molecule is CC/C=C\C/C=C\C/C=C\C/C=C\C/C=C\C/C=C\C/C=C\CCCCCCCCCCCCCCCCCCCC(=O)NC(COP(=O)(O)OCC[N+](C)(C)C)C(O)CCCCCC. The van der Waals surface area contributed by atoms with Crippen molar-refractivity contribution in [2.75, 3.05) is 40.9 Å². The molecule has 0 aliphatic rings. The van der Waals surface area contributed by atoms with Gasteiger partial charge in [-0.2, -0.15) is 0 Å². The van der Waals surface area contributed by atoms with E-state index in [-0.39, 0.29) is 19.1 Å². The zero-order valence-electron chi connectivity index (χ0n) is 42.7.